The van der Waals surface area contributed by atoms with Crippen LogP contribution in [0.25, 0.3) is 11.2 Å². The zero-order valence-electron chi connectivity index (χ0n) is 40.9. The number of fused-ring (bicyclic) bond motifs is 1. The van der Waals surface area contributed by atoms with Crippen molar-refractivity contribution in [3.8, 4) is 11.5 Å². The summed E-state index contributed by atoms with van der Waals surface area (Å²) in [7, 11) is -2.00. The largest absolute Gasteiger partial charge is 0.497 e. The van der Waals surface area contributed by atoms with Crippen LogP contribution in [-0.2, 0) is 38.7 Å². The summed E-state index contributed by atoms with van der Waals surface area (Å²) in [5.74, 6) is 0.890. The van der Waals surface area contributed by atoms with Gasteiger partial charge in [-0.3, -0.25) is 9.36 Å². The molecule has 1 amide bonds. The van der Waals surface area contributed by atoms with Crippen molar-refractivity contribution in [2.75, 3.05) is 57.3 Å². The minimum atomic E-state index is -3.28. The van der Waals surface area contributed by atoms with Crippen molar-refractivity contribution < 1.29 is 45.9 Å². The van der Waals surface area contributed by atoms with Crippen LogP contribution in [0.2, 0.25) is 0 Å². The number of rotatable bonds is 20. The van der Waals surface area contributed by atoms with Gasteiger partial charge in [-0.2, -0.15) is 0 Å². The van der Waals surface area contributed by atoms with Crippen LogP contribution in [0.15, 0.2) is 122 Å². The monoisotopic (exact) mass is 1040 g/mol. The third-order valence-corrected chi connectivity index (χ3v) is 16.4. The average molecular weight is 1040 g/mol. The van der Waals surface area contributed by atoms with Crippen LogP contribution >= 0.6 is 20.7 Å². The Morgan fingerprint density at radius 3 is 2.01 bits per heavy atom. The lowest BCUT2D eigenvalue weighted by atomic mass is 9.80. The van der Waals surface area contributed by atoms with E-state index in [1.54, 1.807) is 48.0 Å². The average Bonchev–Trinajstić information content (AvgIpc) is 3.97. The van der Waals surface area contributed by atoms with Gasteiger partial charge >= 0.3 is 0 Å². The third kappa shape index (κ3) is 11.5. The fraction of sp³-hybridized carbons (Fsp3) is 0.373. The number of aromatic nitrogens is 4. The molecule has 18 nitrogen and oxygen atoms in total. The van der Waals surface area contributed by atoms with Gasteiger partial charge in [-0.1, -0.05) is 72.8 Å². The van der Waals surface area contributed by atoms with Crippen molar-refractivity contribution in [1.29, 1.82) is 5.41 Å². The van der Waals surface area contributed by atoms with Crippen molar-refractivity contribution >= 4 is 64.9 Å². The number of hydrogen-bond donors (Lipinski definition) is 2. The van der Waals surface area contributed by atoms with Crippen LogP contribution in [0.4, 0.5) is 5.82 Å². The van der Waals surface area contributed by atoms with Gasteiger partial charge in [0.05, 0.1) is 45.3 Å². The number of nitrogens with one attached hydrogen (secondary N) is 2. The molecule has 2 aromatic heterocycles. The number of carbonyl (C=O) groups is 1. The Balaban J connectivity index is 1.28. The number of methoxy groups -OCH3 is 2. The first-order valence-electron chi connectivity index (χ1n) is 23.5. The second kappa shape index (κ2) is 23.3. The van der Waals surface area contributed by atoms with Crippen LogP contribution in [0.1, 0.15) is 61.0 Å². The fourth-order valence-electron chi connectivity index (χ4n) is 8.92. The smallest absolute Gasteiger partial charge is 0.260 e. The van der Waals surface area contributed by atoms with Gasteiger partial charge in [0.15, 0.2) is 39.2 Å². The van der Waals surface area contributed by atoms with Gasteiger partial charge in [-0.15, -0.1) is 0 Å². The summed E-state index contributed by atoms with van der Waals surface area (Å²) in [6, 6.07) is 33.8. The molecule has 0 radical (unpaired) electrons. The number of benzene rings is 4. The molecule has 2 aliphatic rings. The molecule has 4 aromatic carbocycles. The van der Waals surface area contributed by atoms with Gasteiger partial charge in [-0.05, 0) is 93.0 Å². The van der Waals surface area contributed by atoms with Crippen LogP contribution < -0.4 is 14.8 Å². The van der Waals surface area contributed by atoms with E-state index in [4.69, 9.17) is 55.3 Å². The Morgan fingerprint density at radius 2 is 1.44 bits per heavy atom. The molecule has 6 aromatic rings. The van der Waals surface area contributed by atoms with Gasteiger partial charge in [0.2, 0.25) is 0 Å². The first-order valence-corrected chi connectivity index (χ1v) is 26.8. The molecule has 8 rings (SSSR count). The molecule has 2 saturated heterocycles. The number of amides is 1. The van der Waals surface area contributed by atoms with Gasteiger partial charge in [0.1, 0.15) is 35.6 Å². The summed E-state index contributed by atoms with van der Waals surface area (Å²) in [6.45, 7) is 8.23. The molecular weight excluding hydrogens is 980 g/mol. The molecule has 3 unspecified atom stereocenters. The summed E-state index contributed by atoms with van der Waals surface area (Å²) in [6.07, 6.45) is -0.158. The Hall–Kier alpha value is -5.96. The maximum absolute atomic E-state index is 13.4. The molecule has 4 heterocycles. The number of anilines is 1. The molecule has 5 atom stereocenters. The molecule has 2 fully saturated rings. The minimum Gasteiger partial charge on any atom is -0.497 e. The highest BCUT2D eigenvalue weighted by Gasteiger charge is 2.53. The summed E-state index contributed by atoms with van der Waals surface area (Å²) in [4.78, 5) is 28.9. The van der Waals surface area contributed by atoms with E-state index in [1.807, 2.05) is 113 Å². The van der Waals surface area contributed by atoms with Crippen LogP contribution in [0.5, 0.6) is 11.5 Å². The van der Waals surface area contributed by atoms with E-state index in [9.17, 15) is 13.2 Å². The van der Waals surface area contributed by atoms with Gasteiger partial charge in [0, 0.05) is 37.0 Å². The summed E-state index contributed by atoms with van der Waals surface area (Å²) in [5, 5.41) is 10.9. The fourth-order valence-corrected chi connectivity index (χ4v) is 12.1. The second-order valence-electron chi connectivity index (χ2n) is 17.6. The van der Waals surface area contributed by atoms with Gasteiger partial charge in [0.25, 0.3) is 19.6 Å². The number of imidazole rings is 1. The summed E-state index contributed by atoms with van der Waals surface area (Å²) in [5.41, 5.74) is 2.09. The predicted octanol–water partition coefficient (Wildman–Crippen LogP) is 7.80. The normalized spacial score (nSPS) is 19.4. The van der Waals surface area contributed by atoms with Crippen molar-refractivity contribution in [3.05, 3.63) is 144 Å². The summed E-state index contributed by atoms with van der Waals surface area (Å²) >= 11 is 6.03. The molecule has 2 aliphatic heterocycles. The quantitative estimate of drug-likeness (QED) is 0.0324. The molecule has 72 heavy (non-hydrogen) atoms. The Labute approximate surface area is 426 Å². The minimum absolute atomic E-state index is 0.0398. The van der Waals surface area contributed by atoms with Crippen molar-refractivity contribution in [2.45, 2.75) is 69.9 Å². The highest BCUT2D eigenvalue weighted by molar-refractivity contribution is 7.91. The maximum atomic E-state index is 13.4. The molecule has 0 spiro atoms. The zero-order chi connectivity index (χ0) is 51.0. The molecule has 2 N–H and O–H groups in total. The maximum Gasteiger partial charge on any atom is 0.260 e. The van der Waals surface area contributed by atoms with Gasteiger partial charge < -0.3 is 48.4 Å². The van der Waals surface area contributed by atoms with E-state index in [0.29, 0.717) is 22.7 Å². The topological polar surface area (TPSA) is 202 Å². The van der Waals surface area contributed by atoms with E-state index in [0.717, 1.165) is 16.7 Å². The molecule has 0 saturated carbocycles. The van der Waals surface area contributed by atoms with E-state index in [-0.39, 0.29) is 66.4 Å². The molecule has 0 bridgehead atoms. The Kier molecular flexibility index (Phi) is 16.9. The van der Waals surface area contributed by atoms with Gasteiger partial charge in [-0.25, -0.2) is 28.0 Å². The summed E-state index contributed by atoms with van der Waals surface area (Å²) < 4.78 is 75.5. The lowest BCUT2D eigenvalue weighted by Crippen LogP contribution is -2.48. The lowest BCUT2D eigenvalue weighted by molar-refractivity contribution is -0.0926. The zero-order valence-corrected chi connectivity index (χ0v) is 43.4. The van der Waals surface area contributed by atoms with Crippen LogP contribution in [0, 0.1) is 5.41 Å². The Morgan fingerprint density at radius 1 is 0.861 bits per heavy atom. The number of nitrogens with zero attached hydrogens (tertiary/aromatic N) is 6. The molecule has 380 valence electrons. The van der Waals surface area contributed by atoms with Crippen molar-refractivity contribution in [2.24, 2.45) is 0 Å². The van der Waals surface area contributed by atoms with E-state index >= 15 is 0 Å². The highest BCUT2D eigenvalue weighted by Crippen LogP contribution is 2.51. The SMILES string of the molecule is COc1ccc(C(OC[C@H]2O[C@@H](n3cnc4c(NC(=O)c5ccccc5)ncnc43)C(OC(=S)N3CCS(=O)(=O)CC3)C2OP(OCC=N)N(C(C)C)C(C)C)(c2ccccc2)c2ccc(OC)cc2)cc1. The van der Waals surface area contributed by atoms with E-state index < -0.39 is 54.4 Å². The predicted molar refractivity (Wildman–Crippen MR) is 278 cm³/mol. The number of hydrogen-bond acceptors (Lipinski definition) is 16. The van der Waals surface area contributed by atoms with E-state index in [2.05, 4.69) is 20.0 Å². The number of ether oxygens (including phenoxy) is 5. The van der Waals surface area contributed by atoms with E-state index in [1.165, 1.54) is 18.9 Å². The Bertz CT molecular complexity index is 2830. The van der Waals surface area contributed by atoms with Crippen molar-refractivity contribution in [3.63, 3.8) is 0 Å². The lowest BCUT2D eigenvalue weighted by Gasteiger charge is -2.39. The molecular formula is C51H59N8O10PS2. The second-order valence-corrected chi connectivity index (χ2v) is 21.7. The standard InChI is InChI=1S/C51H59N8O10PS2/c1-34(2)59(35(3)4)70(66-28-25-52)69-44-42(31-65-51(37-15-11-8-12-16-37,38-17-21-40(63-5)22-18-38)39-19-23-41(64-6)24-20-39)67-49(45(44)68-50(71)57-26-29-72(61,62)30-27-57)58-33-55-43-46(53-32-54-47(43)58)56-48(60)36-13-9-7-10-14-36/h7-25,32-35,42,44-45,49,52H,26-31H2,1-6H3,(H,53,54,56,60)/t42-,44?,45?,49-,70?/m1/s1. The highest BCUT2D eigenvalue weighted by atomic mass is 32.2. The number of sulfone groups is 1. The first-order chi connectivity index (χ1) is 34.8. The van der Waals surface area contributed by atoms with Crippen LogP contribution in [-0.4, -0.2) is 137 Å². The molecule has 21 heteroatoms. The number of thiocarbonyl (C=S) groups is 1. The van der Waals surface area contributed by atoms with Crippen molar-refractivity contribution in [1.82, 2.24) is 29.1 Å². The van der Waals surface area contributed by atoms with Crippen LogP contribution in [0.3, 0.4) is 0 Å². The number of carbonyl (C=O) groups excluding carboxylic acids is 1. The third-order valence-electron chi connectivity index (χ3n) is 12.4. The molecule has 0 aliphatic carbocycles. The first kappa shape index (κ1) is 52.4.